The Morgan fingerprint density at radius 1 is 1.11 bits per heavy atom. The Balaban J connectivity index is 1.84. The Kier molecular flexibility index (Phi) is 4.77. The van der Waals surface area contributed by atoms with Crippen molar-refractivity contribution < 1.29 is 27.2 Å². The number of primary sulfonamides is 1. The third-order valence-corrected chi connectivity index (χ3v) is 5.43. The molecule has 3 rings (SSSR count). The number of urea groups is 1. The van der Waals surface area contributed by atoms with E-state index in [-0.39, 0.29) is 10.5 Å². The first kappa shape index (κ1) is 19.6. The van der Waals surface area contributed by atoms with Gasteiger partial charge in [-0.25, -0.2) is 22.7 Å². The van der Waals surface area contributed by atoms with Gasteiger partial charge in [0.15, 0.2) is 5.78 Å². The summed E-state index contributed by atoms with van der Waals surface area (Å²) in [5, 5.41) is 7.57. The van der Waals surface area contributed by atoms with Gasteiger partial charge in [-0.05, 0) is 48.9 Å². The Labute approximate surface area is 160 Å². The Hall–Kier alpha value is -3.11. The number of nitrogens with two attached hydrogens (primary N) is 1. The number of benzene rings is 2. The topological polar surface area (TPSA) is 127 Å². The minimum atomic E-state index is -3.90. The van der Waals surface area contributed by atoms with E-state index in [9.17, 15) is 27.2 Å². The van der Waals surface area contributed by atoms with E-state index in [1.807, 2.05) is 0 Å². The summed E-state index contributed by atoms with van der Waals surface area (Å²) in [7, 11) is -3.90. The summed E-state index contributed by atoms with van der Waals surface area (Å²) in [4.78, 5) is 38.1. The van der Waals surface area contributed by atoms with Crippen LogP contribution in [-0.2, 0) is 20.4 Å². The first-order chi connectivity index (χ1) is 13.0. The number of ketones is 1. The third kappa shape index (κ3) is 3.51. The first-order valence-electron chi connectivity index (χ1n) is 8.08. The number of imide groups is 1. The highest BCUT2D eigenvalue weighted by atomic mass is 32.2. The number of carbonyl (C=O) groups excluding carboxylic acids is 3. The highest BCUT2D eigenvalue weighted by molar-refractivity contribution is 7.89. The lowest BCUT2D eigenvalue weighted by atomic mass is 9.92. The summed E-state index contributed by atoms with van der Waals surface area (Å²) in [6, 6.07) is 9.16. The van der Waals surface area contributed by atoms with Crippen LogP contribution in [0.2, 0.25) is 0 Å². The molecule has 0 saturated carbocycles. The molecule has 3 amide bonds. The minimum Gasteiger partial charge on any atom is -0.319 e. The standard InChI is InChI=1S/C18H16FN3O5S/c1-18(12-4-8-14(9-5-12)28(20,26)27)16(24)22(17(25)21-18)10-15(23)11-2-6-13(19)7-3-11/h2-9H,10H2,1H3,(H,21,25)(H2,20,26,27). The zero-order valence-corrected chi connectivity index (χ0v) is 15.5. The SMILES string of the molecule is CC1(c2ccc(S(N)(=O)=O)cc2)NC(=O)N(CC(=O)c2ccc(F)cc2)C1=O. The summed E-state index contributed by atoms with van der Waals surface area (Å²) < 4.78 is 35.7. The van der Waals surface area contributed by atoms with Crippen molar-refractivity contribution in [3.8, 4) is 0 Å². The van der Waals surface area contributed by atoms with Crippen LogP contribution >= 0.6 is 0 Å². The lowest BCUT2D eigenvalue weighted by Crippen LogP contribution is -2.41. The van der Waals surface area contributed by atoms with Gasteiger partial charge >= 0.3 is 6.03 Å². The van der Waals surface area contributed by atoms with Gasteiger partial charge in [0.1, 0.15) is 11.4 Å². The zero-order chi connectivity index (χ0) is 20.7. The van der Waals surface area contributed by atoms with Crippen LogP contribution in [-0.4, -0.2) is 37.6 Å². The van der Waals surface area contributed by atoms with E-state index < -0.39 is 45.6 Å². The molecule has 0 bridgehead atoms. The molecule has 10 heteroatoms. The van der Waals surface area contributed by atoms with Crippen molar-refractivity contribution in [3.05, 3.63) is 65.5 Å². The lowest BCUT2D eigenvalue weighted by molar-refractivity contribution is -0.130. The number of sulfonamides is 1. The molecule has 2 aromatic carbocycles. The van der Waals surface area contributed by atoms with Crippen molar-refractivity contribution in [3.63, 3.8) is 0 Å². The van der Waals surface area contributed by atoms with Gasteiger partial charge < -0.3 is 5.32 Å². The zero-order valence-electron chi connectivity index (χ0n) is 14.7. The normalized spacial score (nSPS) is 19.6. The predicted molar refractivity (Wildman–Crippen MR) is 96.1 cm³/mol. The second-order valence-electron chi connectivity index (χ2n) is 6.45. The van der Waals surface area contributed by atoms with E-state index in [4.69, 9.17) is 5.14 Å². The summed E-state index contributed by atoms with van der Waals surface area (Å²) in [5.41, 5.74) is -0.986. The van der Waals surface area contributed by atoms with Crippen molar-refractivity contribution in [2.45, 2.75) is 17.4 Å². The van der Waals surface area contributed by atoms with Gasteiger partial charge in [-0.2, -0.15) is 0 Å². The molecule has 1 atom stereocenters. The smallest absolute Gasteiger partial charge is 0.319 e. The second kappa shape index (κ2) is 6.80. The van der Waals surface area contributed by atoms with Crippen LogP contribution < -0.4 is 10.5 Å². The molecular weight excluding hydrogens is 389 g/mol. The number of rotatable bonds is 5. The van der Waals surface area contributed by atoms with Crippen molar-refractivity contribution in [1.29, 1.82) is 0 Å². The van der Waals surface area contributed by atoms with Gasteiger partial charge in [-0.1, -0.05) is 12.1 Å². The molecule has 1 aliphatic rings. The molecule has 0 spiro atoms. The van der Waals surface area contributed by atoms with Gasteiger partial charge in [0.05, 0.1) is 11.4 Å². The quantitative estimate of drug-likeness (QED) is 0.569. The number of amides is 3. The minimum absolute atomic E-state index is 0.139. The van der Waals surface area contributed by atoms with Crippen molar-refractivity contribution >= 4 is 27.7 Å². The molecule has 1 saturated heterocycles. The molecule has 0 radical (unpaired) electrons. The van der Waals surface area contributed by atoms with Crippen LogP contribution in [0.3, 0.4) is 0 Å². The molecule has 0 aliphatic carbocycles. The maximum absolute atomic E-state index is 13.0. The number of nitrogens with one attached hydrogen (secondary N) is 1. The van der Waals surface area contributed by atoms with Crippen LogP contribution in [0.25, 0.3) is 0 Å². The van der Waals surface area contributed by atoms with Gasteiger partial charge in [0, 0.05) is 5.56 Å². The van der Waals surface area contributed by atoms with Gasteiger partial charge in [-0.15, -0.1) is 0 Å². The molecule has 1 unspecified atom stereocenters. The predicted octanol–water partition coefficient (Wildman–Crippen LogP) is 1.12. The third-order valence-electron chi connectivity index (χ3n) is 4.50. The molecule has 1 fully saturated rings. The van der Waals surface area contributed by atoms with Crippen LogP contribution in [0.1, 0.15) is 22.8 Å². The van der Waals surface area contributed by atoms with Gasteiger partial charge in [0.2, 0.25) is 10.0 Å². The van der Waals surface area contributed by atoms with Gasteiger partial charge in [0.25, 0.3) is 5.91 Å². The van der Waals surface area contributed by atoms with E-state index in [2.05, 4.69) is 5.32 Å². The van der Waals surface area contributed by atoms with Crippen molar-refractivity contribution in [1.82, 2.24) is 10.2 Å². The largest absolute Gasteiger partial charge is 0.325 e. The molecule has 2 aromatic rings. The molecular formula is C18H16FN3O5S. The van der Waals surface area contributed by atoms with Gasteiger partial charge in [-0.3, -0.25) is 14.5 Å². The molecule has 1 aliphatic heterocycles. The van der Waals surface area contributed by atoms with E-state index in [1.165, 1.54) is 43.3 Å². The molecule has 8 nitrogen and oxygen atoms in total. The number of carbonyl (C=O) groups is 3. The van der Waals surface area contributed by atoms with Crippen molar-refractivity contribution in [2.24, 2.45) is 5.14 Å². The molecule has 146 valence electrons. The fourth-order valence-corrected chi connectivity index (χ4v) is 3.40. The number of hydrogen-bond acceptors (Lipinski definition) is 5. The Morgan fingerprint density at radius 2 is 1.68 bits per heavy atom. The van der Waals surface area contributed by atoms with E-state index in [0.717, 1.165) is 17.0 Å². The second-order valence-corrected chi connectivity index (χ2v) is 8.01. The summed E-state index contributed by atoms with van der Waals surface area (Å²) >= 11 is 0. The maximum atomic E-state index is 13.0. The number of Topliss-reactive ketones (excluding diaryl/α,β-unsaturated/α-hetero) is 1. The highest BCUT2D eigenvalue weighted by Gasteiger charge is 2.49. The molecule has 3 N–H and O–H groups in total. The summed E-state index contributed by atoms with van der Waals surface area (Å²) in [6.07, 6.45) is 0. The number of halogens is 1. The van der Waals surface area contributed by atoms with Crippen LogP contribution in [0.4, 0.5) is 9.18 Å². The fourth-order valence-electron chi connectivity index (χ4n) is 2.88. The van der Waals surface area contributed by atoms with E-state index in [1.54, 1.807) is 0 Å². The Morgan fingerprint density at radius 3 is 2.21 bits per heavy atom. The fraction of sp³-hybridized carbons (Fsp3) is 0.167. The Bertz CT molecular complexity index is 1070. The van der Waals surface area contributed by atoms with Crippen LogP contribution in [0.5, 0.6) is 0 Å². The maximum Gasteiger partial charge on any atom is 0.325 e. The number of nitrogens with zero attached hydrogens (tertiary/aromatic N) is 1. The lowest BCUT2D eigenvalue weighted by Gasteiger charge is -2.22. The summed E-state index contributed by atoms with van der Waals surface area (Å²) in [5.74, 6) is -1.71. The summed E-state index contributed by atoms with van der Waals surface area (Å²) in [6.45, 7) is 0.933. The van der Waals surface area contributed by atoms with E-state index >= 15 is 0 Å². The average molecular weight is 405 g/mol. The molecule has 1 heterocycles. The van der Waals surface area contributed by atoms with E-state index in [0.29, 0.717) is 5.56 Å². The molecule has 0 aromatic heterocycles. The van der Waals surface area contributed by atoms with Crippen LogP contribution in [0.15, 0.2) is 53.4 Å². The van der Waals surface area contributed by atoms with Crippen molar-refractivity contribution in [2.75, 3.05) is 6.54 Å². The first-order valence-corrected chi connectivity index (χ1v) is 9.63. The average Bonchev–Trinajstić information content (AvgIpc) is 2.86. The monoisotopic (exact) mass is 405 g/mol. The highest BCUT2D eigenvalue weighted by Crippen LogP contribution is 2.29. The molecule has 28 heavy (non-hydrogen) atoms. The van der Waals surface area contributed by atoms with Crippen LogP contribution in [0, 0.1) is 5.82 Å². The number of hydrogen-bond donors (Lipinski definition) is 2.